The average molecular weight is 227 g/mol. The van der Waals surface area contributed by atoms with Crippen LogP contribution < -0.4 is 5.32 Å². The van der Waals surface area contributed by atoms with Gasteiger partial charge in [0.25, 0.3) is 0 Å². The summed E-state index contributed by atoms with van der Waals surface area (Å²) < 4.78 is 31.9. The molecule has 0 aromatic heterocycles. The molecule has 2 nitrogen and oxygen atoms in total. The molecule has 4 heteroatoms. The molecule has 3 atom stereocenters. The number of nitrogens with one attached hydrogen (secondary N) is 1. The summed E-state index contributed by atoms with van der Waals surface area (Å²) in [6, 6.07) is 3.87. The van der Waals surface area contributed by atoms with Gasteiger partial charge in [-0.05, 0) is 19.9 Å². The largest absolute Gasteiger partial charge is 0.370 e. The Labute approximate surface area is 93.6 Å². The molecular weight excluding hydrogens is 212 g/mol. The van der Waals surface area contributed by atoms with Crippen LogP contribution >= 0.6 is 0 Å². The Balaban J connectivity index is 2.23. The van der Waals surface area contributed by atoms with E-state index in [0.717, 1.165) is 6.07 Å². The van der Waals surface area contributed by atoms with Gasteiger partial charge in [-0.3, -0.25) is 0 Å². The first-order valence-electron chi connectivity index (χ1n) is 5.40. The van der Waals surface area contributed by atoms with E-state index in [1.54, 1.807) is 0 Å². The number of benzene rings is 1. The van der Waals surface area contributed by atoms with Crippen LogP contribution in [0.1, 0.15) is 25.5 Å². The van der Waals surface area contributed by atoms with Gasteiger partial charge < -0.3 is 10.1 Å². The molecule has 88 valence electrons. The normalized spacial score (nSPS) is 30.4. The molecule has 1 saturated heterocycles. The van der Waals surface area contributed by atoms with Crippen molar-refractivity contribution in [1.29, 1.82) is 0 Å². The molecule has 3 unspecified atom stereocenters. The Kier molecular flexibility index (Phi) is 3.21. The first kappa shape index (κ1) is 11.5. The van der Waals surface area contributed by atoms with Crippen molar-refractivity contribution >= 4 is 0 Å². The second-order valence-corrected chi connectivity index (χ2v) is 4.28. The van der Waals surface area contributed by atoms with Gasteiger partial charge in [-0.1, -0.05) is 6.07 Å². The highest BCUT2D eigenvalue weighted by Gasteiger charge is 2.28. The molecule has 0 spiro atoms. The molecule has 1 N–H and O–H groups in total. The van der Waals surface area contributed by atoms with Gasteiger partial charge >= 0.3 is 0 Å². The quantitative estimate of drug-likeness (QED) is 0.795. The van der Waals surface area contributed by atoms with Gasteiger partial charge in [0.2, 0.25) is 0 Å². The number of hydrogen-bond donors (Lipinski definition) is 1. The predicted octanol–water partition coefficient (Wildman–Crippen LogP) is 2.40. The van der Waals surface area contributed by atoms with Crippen LogP contribution in [0.4, 0.5) is 8.78 Å². The maximum absolute atomic E-state index is 13.6. The molecule has 1 aliphatic heterocycles. The molecule has 16 heavy (non-hydrogen) atoms. The lowest BCUT2D eigenvalue weighted by molar-refractivity contribution is -0.0225. The van der Waals surface area contributed by atoms with Crippen molar-refractivity contribution in [2.24, 2.45) is 0 Å². The van der Waals surface area contributed by atoms with E-state index in [1.807, 2.05) is 13.8 Å². The van der Waals surface area contributed by atoms with E-state index < -0.39 is 11.6 Å². The van der Waals surface area contributed by atoms with Gasteiger partial charge in [0.1, 0.15) is 17.7 Å². The van der Waals surface area contributed by atoms with Crippen molar-refractivity contribution in [3.8, 4) is 0 Å². The first-order chi connectivity index (χ1) is 7.58. The lowest BCUT2D eigenvalue weighted by Crippen LogP contribution is -2.47. The van der Waals surface area contributed by atoms with E-state index in [9.17, 15) is 8.78 Å². The third kappa shape index (κ3) is 2.23. The molecule has 1 aliphatic rings. The molecular formula is C12H15F2NO. The van der Waals surface area contributed by atoms with Gasteiger partial charge in [-0.2, -0.15) is 0 Å². The standard InChI is InChI=1S/C12H15F2NO/c1-7-6-16-12(8(2)15-7)10-4-3-9(13)5-11(10)14/h3-5,7-8,12,15H,6H2,1-2H3. The van der Waals surface area contributed by atoms with Gasteiger partial charge in [-0.25, -0.2) is 8.78 Å². The van der Waals surface area contributed by atoms with Crippen LogP contribution in [0.15, 0.2) is 18.2 Å². The van der Waals surface area contributed by atoms with E-state index >= 15 is 0 Å². The third-order valence-electron chi connectivity index (χ3n) is 2.80. The molecule has 0 bridgehead atoms. The number of hydrogen-bond acceptors (Lipinski definition) is 2. The number of halogens is 2. The summed E-state index contributed by atoms with van der Waals surface area (Å²) in [5.74, 6) is -1.11. The lowest BCUT2D eigenvalue weighted by atomic mass is 10.0. The topological polar surface area (TPSA) is 21.3 Å². The predicted molar refractivity (Wildman–Crippen MR) is 57.1 cm³/mol. The summed E-state index contributed by atoms with van der Waals surface area (Å²) in [5, 5.41) is 3.28. The summed E-state index contributed by atoms with van der Waals surface area (Å²) in [6.07, 6.45) is -0.350. The minimum atomic E-state index is -0.564. The summed E-state index contributed by atoms with van der Waals surface area (Å²) in [6.45, 7) is 4.47. The first-order valence-corrected chi connectivity index (χ1v) is 5.40. The van der Waals surface area contributed by atoms with Crippen LogP contribution in [0.25, 0.3) is 0 Å². The van der Waals surface area contributed by atoms with Gasteiger partial charge in [0, 0.05) is 23.7 Å². The van der Waals surface area contributed by atoms with Crippen molar-refractivity contribution in [2.75, 3.05) is 6.61 Å². The maximum atomic E-state index is 13.6. The van der Waals surface area contributed by atoms with E-state index in [2.05, 4.69) is 5.32 Å². The second kappa shape index (κ2) is 4.47. The molecule has 2 rings (SSSR count). The molecule has 1 aromatic rings. The minimum absolute atomic E-state index is 0.0173. The SMILES string of the molecule is CC1COC(c2ccc(F)cc2F)C(C)N1. The van der Waals surface area contributed by atoms with Gasteiger partial charge in [0.05, 0.1) is 6.61 Å². The molecule has 1 heterocycles. The molecule has 1 fully saturated rings. The summed E-state index contributed by atoms with van der Waals surface area (Å²) >= 11 is 0. The Morgan fingerprint density at radius 2 is 2.06 bits per heavy atom. The van der Waals surface area contributed by atoms with Crippen molar-refractivity contribution in [3.05, 3.63) is 35.4 Å². The zero-order valence-electron chi connectivity index (χ0n) is 9.34. The van der Waals surface area contributed by atoms with Crippen LogP contribution in [0, 0.1) is 11.6 Å². The summed E-state index contributed by atoms with van der Waals surface area (Å²) in [4.78, 5) is 0. The second-order valence-electron chi connectivity index (χ2n) is 4.28. The van der Waals surface area contributed by atoms with Crippen LogP contribution in [0.2, 0.25) is 0 Å². The highest BCUT2D eigenvalue weighted by atomic mass is 19.1. The Morgan fingerprint density at radius 3 is 2.69 bits per heavy atom. The van der Waals surface area contributed by atoms with E-state index in [4.69, 9.17) is 4.74 Å². The molecule has 0 amide bonds. The number of morpholine rings is 1. The minimum Gasteiger partial charge on any atom is -0.370 e. The Hall–Kier alpha value is -1.00. The Morgan fingerprint density at radius 1 is 1.31 bits per heavy atom. The van der Waals surface area contributed by atoms with Gasteiger partial charge in [-0.15, -0.1) is 0 Å². The molecule has 0 saturated carbocycles. The summed E-state index contributed by atoms with van der Waals surface area (Å²) in [5.41, 5.74) is 0.410. The highest BCUT2D eigenvalue weighted by Crippen LogP contribution is 2.27. The highest BCUT2D eigenvalue weighted by molar-refractivity contribution is 5.22. The zero-order valence-corrected chi connectivity index (χ0v) is 9.34. The lowest BCUT2D eigenvalue weighted by Gasteiger charge is -2.34. The van der Waals surface area contributed by atoms with E-state index in [-0.39, 0.29) is 18.2 Å². The molecule has 0 radical (unpaired) electrons. The number of ether oxygens (including phenoxy) is 1. The van der Waals surface area contributed by atoms with Crippen molar-refractivity contribution in [2.45, 2.75) is 32.0 Å². The number of rotatable bonds is 1. The molecule has 1 aromatic carbocycles. The zero-order chi connectivity index (χ0) is 11.7. The van der Waals surface area contributed by atoms with Crippen LogP contribution in [0.3, 0.4) is 0 Å². The fourth-order valence-corrected chi connectivity index (χ4v) is 2.07. The van der Waals surface area contributed by atoms with Crippen molar-refractivity contribution < 1.29 is 13.5 Å². The van der Waals surface area contributed by atoms with Gasteiger partial charge in [0.15, 0.2) is 0 Å². The fourth-order valence-electron chi connectivity index (χ4n) is 2.07. The summed E-state index contributed by atoms with van der Waals surface area (Å²) in [7, 11) is 0. The van der Waals surface area contributed by atoms with Crippen LogP contribution in [-0.4, -0.2) is 18.7 Å². The van der Waals surface area contributed by atoms with Crippen molar-refractivity contribution in [3.63, 3.8) is 0 Å². The molecule has 0 aliphatic carbocycles. The van der Waals surface area contributed by atoms with Crippen LogP contribution in [0.5, 0.6) is 0 Å². The smallest absolute Gasteiger partial charge is 0.131 e. The van der Waals surface area contributed by atoms with Crippen molar-refractivity contribution in [1.82, 2.24) is 5.32 Å². The Bertz CT molecular complexity index is 383. The average Bonchev–Trinajstić information content (AvgIpc) is 2.19. The monoisotopic (exact) mass is 227 g/mol. The third-order valence-corrected chi connectivity index (χ3v) is 2.80. The maximum Gasteiger partial charge on any atom is 0.131 e. The van der Waals surface area contributed by atoms with E-state index in [1.165, 1.54) is 12.1 Å². The van der Waals surface area contributed by atoms with Crippen LogP contribution in [-0.2, 0) is 4.74 Å². The van der Waals surface area contributed by atoms with E-state index in [0.29, 0.717) is 12.2 Å². The fraction of sp³-hybridized carbons (Fsp3) is 0.500.